The van der Waals surface area contributed by atoms with Gasteiger partial charge in [-0.2, -0.15) is 0 Å². The monoisotopic (exact) mass is 319 g/mol. The number of fused-ring (bicyclic) bond motifs is 1. The molecule has 0 saturated heterocycles. The summed E-state index contributed by atoms with van der Waals surface area (Å²) in [6.07, 6.45) is -0.289. The topological polar surface area (TPSA) is 63.7 Å². The number of nitrogens with one attached hydrogen (secondary N) is 1. The molecule has 0 bridgehead atoms. The first-order valence-electron chi connectivity index (χ1n) is 6.77. The Balaban J connectivity index is 2.05. The van der Waals surface area contributed by atoms with Crippen LogP contribution in [0.1, 0.15) is 27.2 Å². The number of aromatic nitrogens is 1. The van der Waals surface area contributed by atoms with Crippen molar-refractivity contribution in [1.82, 2.24) is 9.88 Å². The minimum atomic E-state index is -0.289. The fourth-order valence-electron chi connectivity index (χ4n) is 2.50. The highest BCUT2D eigenvalue weighted by Gasteiger charge is 2.32. The highest BCUT2D eigenvalue weighted by molar-refractivity contribution is 7.09. The molecule has 6 nitrogen and oxygen atoms in total. The number of amides is 1. The number of benzene rings is 1. The zero-order valence-corrected chi connectivity index (χ0v) is 13.7. The molecular formula is C15H17N3O3S. The Bertz CT molecular complexity index is 729. The second-order valence-electron chi connectivity index (χ2n) is 5.01. The number of hydrogen-bond acceptors (Lipinski definition) is 6. The molecule has 116 valence electrons. The van der Waals surface area contributed by atoms with E-state index in [1.165, 1.54) is 0 Å². The van der Waals surface area contributed by atoms with Gasteiger partial charge in [-0.05, 0) is 13.0 Å². The van der Waals surface area contributed by atoms with Gasteiger partial charge in [0.2, 0.25) is 0 Å². The number of ether oxygens (including phenoxy) is 2. The molecule has 1 aromatic carbocycles. The third-order valence-electron chi connectivity index (χ3n) is 3.67. The highest BCUT2D eigenvalue weighted by Crippen LogP contribution is 2.39. The molecule has 22 heavy (non-hydrogen) atoms. The Labute approximate surface area is 132 Å². The minimum Gasteiger partial charge on any atom is -0.493 e. The lowest BCUT2D eigenvalue weighted by molar-refractivity contribution is 0.0732. The number of nitrogens with zero attached hydrogens (tertiary/aromatic N) is 2. The van der Waals surface area contributed by atoms with Crippen molar-refractivity contribution in [3.63, 3.8) is 0 Å². The molecule has 0 fully saturated rings. The van der Waals surface area contributed by atoms with Gasteiger partial charge in [-0.1, -0.05) is 0 Å². The summed E-state index contributed by atoms with van der Waals surface area (Å²) in [7, 11) is 4.88. The van der Waals surface area contributed by atoms with Crippen LogP contribution in [0.4, 0.5) is 5.69 Å². The van der Waals surface area contributed by atoms with E-state index in [4.69, 9.17) is 9.47 Å². The van der Waals surface area contributed by atoms with Crippen molar-refractivity contribution in [3.8, 4) is 11.5 Å². The molecule has 1 amide bonds. The number of thiazole rings is 1. The summed E-state index contributed by atoms with van der Waals surface area (Å²) < 4.78 is 10.6. The predicted octanol–water partition coefficient (Wildman–Crippen LogP) is 2.67. The van der Waals surface area contributed by atoms with Gasteiger partial charge in [0.1, 0.15) is 6.17 Å². The van der Waals surface area contributed by atoms with Gasteiger partial charge < -0.3 is 19.7 Å². The fraction of sp³-hybridized carbons (Fsp3) is 0.333. The standard InChI is InChI=1S/C15H17N3O3S/c1-8-16-11(7-22-8)14-17-10-6-13(21-4)12(20-3)5-9(10)15(19)18(14)2/h5-7,14,17H,1-4H3. The van der Waals surface area contributed by atoms with Gasteiger partial charge in [-0.15, -0.1) is 11.3 Å². The third kappa shape index (κ3) is 2.27. The number of hydrogen-bond donors (Lipinski definition) is 1. The van der Waals surface area contributed by atoms with Crippen molar-refractivity contribution in [1.29, 1.82) is 0 Å². The first-order chi connectivity index (χ1) is 10.5. The van der Waals surface area contributed by atoms with Crippen LogP contribution in [-0.2, 0) is 0 Å². The van der Waals surface area contributed by atoms with Gasteiger partial charge in [-0.3, -0.25) is 4.79 Å². The van der Waals surface area contributed by atoms with Crippen LogP contribution in [-0.4, -0.2) is 37.1 Å². The van der Waals surface area contributed by atoms with Crippen molar-refractivity contribution < 1.29 is 14.3 Å². The van der Waals surface area contributed by atoms with Gasteiger partial charge in [-0.25, -0.2) is 4.98 Å². The smallest absolute Gasteiger partial charge is 0.257 e. The van der Waals surface area contributed by atoms with Gasteiger partial charge in [0.25, 0.3) is 5.91 Å². The maximum absolute atomic E-state index is 12.6. The zero-order valence-electron chi connectivity index (χ0n) is 12.8. The van der Waals surface area contributed by atoms with Crippen LogP contribution in [0.2, 0.25) is 0 Å². The Morgan fingerprint density at radius 3 is 2.55 bits per heavy atom. The van der Waals surface area contributed by atoms with E-state index in [-0.39, 0.29) is 12.1 Å². The molecule has 2 aromatic rings. The molecule has 2 heterocycles. The summed E-state index contributed by atoms with van der Waals surface area (Å²) in [5.41, 5.74) is 2.11. The number of rotatable bonds is 3. The van der Waals surface area contributed by atoms with Gasteiger partial charge in [0.15, 0.2) is 11.5 Å². The summed E-state index contributed by atoms with van der Waals surface area (Å²) in [6, 6.07) is 3.48. The molecule has 1 unspecified atom stereocenters. The number of carbonyl (C=O) groups excluding carboxylic acids is 1. The molecule has 1 aromatic heterocycles. The normalized spacial score (nSPS) is 17.0. The van der Waals surface area contributed by atoms with Gasteiger partial charge in [0, 0.05) is 18.5 Å². The number of aryl methyl sites for hydroxylation is 1. The van der Waals surface area contributed by atoms with E-state index in [0.29, 0.717) is 17.1 Å². The van der Waals surface area contributed by atoms with Crippen molar-refractivity contribution in [2.75, 3.05) is 26.6 Å². The molecule has 0 spiro atoms. The summed E-state index contributed by atoms with van der Waals surface area (Å²) in [6.45, 7) is 1.95. The number of carbonyl (C=O) groups is 1. The van der Waals surface area contributed by atoms with E-state index in [0.717, 1.165) is 16.4 Å². The molecule has 1 atom stereocenters. The summed E-state index contributed by atoms with van der Waals surface area (Å²) >= 11 is 1.56. The molecule has 1 N–H and O–H groups in total. The molecule has 0 saturated carbocycles. The Morgan fingerprint density at radius 2 is 1.95 bits per heavy atom. The molecule has 1 aliphatic rings. The maximum Gasteiger partial charge on any atom is 0.257 e. The summed E-state index contributed by atoms with van der Waals surface area (Å²) in [5, 5.41) is 6.28. The van der Waals surface area contributed by atoms with Crippen molar-refractivity contribution >= 4 is 22.9 Å². The van der Waals surface area contributed by atoms with Crippen LogP contribution < -0.4 is 14.8 Å². The lowest BCUT2D eigenvalue weighted by Crippen LogP contribution is -2.40. The first-order valence-corrected chi connectivity index (χ1v) is 7.65. The Kier molecular flexibility index (Phi) is 3.66. The lowest BCUT2D eigenvalue weighted by atomic mass is 10.1. The lowest BCUT2D eigenvalue weighted by Gasteiger charge is -2.34. The number of methoxy groups -OCH3 is 2. The minimum absolute atomic E-state index is 0.0784. The Hall–Kier alpha value is -2.28. The SMILES string of the molecule is COc1cc2c(cc1OC)C(=O)N(C)C(c1csc(C)n1)N2. The van der Waals surface area contributed by atoms with E-state index < -0.39 is 0 Å². The van der Waals surface area contributed by atoms with Crippen molar-refractivity contribution in [2.24, 2.45) is 0 Å². The van der Waals surface area contributed by atoms with Crippen LogP contribution in [0.5, 0.6) is 11.5 Å². The van der Waals surface area contributed by atoms with Crippen LogP contribution in [0.25, 0.3) is 0 Å². The van der Waals surface area contributed by atoms with Crippen LogP contribution in [0.15, 0.2) is 17.5 Å². The molecule has 3 rings (SSSR count). The van der Waals surface area contributed by atoms with E-state index >= 15 is 0 Å². The van der Waals surface area contributed by atoms with Crippen molar-refractivity contribution in [3.05, 3.63) is 33.8 Å². The molecule has 0 aliphatic carbocycles. The molecule has 7 heteroatoms. The number of anilines is 1. The van der Waals surface area contributed by atoms with E-state index in [1.807, 2.05) is 12.3 Å². The molecule has 0 radical (unpaired) electrons. The summed E-state index contributed by atoms with van der Waals surface area (Å²) in [5.74, 6) is 1.04. The van der Waals surface area contributed by atoms with Gasteiger partial charge in [0.05, 0.1) is 36.2 Å². The Morgan fingerprint density at radius 1 is 1.27 bits per heavy atom. The molecular weight excluding hydrogens is 302 g/mol. The van der Waals surface area contributed by atoms with Crippen LogP contribution in [0, 0.1) is 6.92 Å². The van der Waals surface area contributed by atoms with E-state index in [2.05, 4.69) is 10.3 Å². The average molecular weight is 319 g/mol. The zero-order chi connectivity index (χ0) is 15.9. The predicted molar refractivity (Wildman–Crippen MR) is 84.9 cm³/mol. The van der Waals surface area contributed by atoms with Crippen LogP contribution in [0.3, 0.4) is 0 Å². The van der Waals surface area contributed by atoms with E-state index in [9.17, 15) is 4.79 Å². The quantitative estimate of drug-likeness (QED) is 0.942. The fourth-order valence-corrected chi connectivity index (χ4v) is 3.14. The summed E-state index contributed by atoms with van der Waals surface area (Å²) in [4.78, 5) is 18.8. The first kappa shape index (κ1) is 14.6. The second kappa shape index (κ2) is 5.49. The van der Waals surface area contributed by atoms with Crippen molar-refractivity contribution in [2.45, 2.75) is 13.1 Å². The second-order valence-corrected chi connectivity index (χ2v) is 6.07. The highest BCUT2D eigenvalue weighted by atomic mass is 32.1. The van der Waals surface area contributed by atoms with Crippen LogP contribution >= 0.6 is 11.3 Å². The van der Waals surface area contributed by atoms with Gasteiger partial charge >= 0.3 is 0 Å². The third-order valence-corrected chi connectivity index (χ3v) is 4.46. The average Bonchev–Trinajstić information content (AvgIpc) is 2.95. The maximum atomic E-state index is 12.6. The van der Waals surface area contributed by atoms with E-state index in [1.54, 1.807) is 49.6 Å². The molecule has 1 aliphatic heterocycles. The largest absolute Gasteiger partial charge is 0.493 e.